The van der Waals surface area contributed by atoms with Crippen LogP contribution in [0.5, 0.6) is 5.75 Å². The molecule has 2 aromatic rings. The lowest BCUT2D eigenvalue weighted by atomic mass is 9.68. The van der Waals surface area contributed by atoms with Crippen molar-refractivity contribution in [3.05, 3.63) is 58.1 Å². The molecule has 5 aliphatic rings. The lowest BCUT2D eigenvalue weighted by Gasteiger charge is -2.45. The lowest BCUT2D eigenvalue weighted by molar-refractivity contribution is 0.00891. The van der Waals surface area contributed by atoms with Crippen LogP contribution in [0.25, 0.3) is 0 Å². The average Bonchev–Trinajstić information content (AvgIpc) is 3.70. The van der Waals surface area contributed by atoms with Crippen LogP contribution in [0.2, 0.25) is 5.02 Å². The van der Waals surface area contributed by atoms with E-state index < -0.39 is 9.71 Å². The summed E-state index contributed by atoms with van der Waals surface area (Å²) in [5.74, 6) is 5.37. The molecule has 0 aromatic heterocycles. The van der Waals surface area contributed by atoms with Gasteiger partial charge in [0, 0.05) is 34.3 Å². The number of carbonyl (C=O) groups is 1. The average molecular weight is 583 g/mol. The van der Waals surface area contributed by atoms with Gasteiger partial charge < -0.3 is 14.7 Å². The SMILES string of the molecule is C=S1(=O)NC(=O)c2ccc3c(c2)N(C[C@@H]2CC[C@H]2[C@@H](O)CCC[C@H]2C[C@@H]21)C[C@@]1(CCCc2cc(Cl)ccc21)CO3. The zero-order chi connectivity index (χ0) is 27.6. The summed E-state index contributed by atoms with van der Waals surface area (Å²) >= 11 is 6.40. The molecular weight excluding hydrogens is 544 g/mol. The molecule has 214 valence electrons. The van der Waals surface area contributed by atoms with Crippen LogP contribution in [0.3, 0.4) is 0 Å². The number of amides is 1. The van der Waals surface area contributed by atoms with Crippen LogP contribution in [0.4, 0.5) is 5.69 Å². The van der Waals surface area contributed by atoms with Crippen molar-refractivity contribution < 1.29 is 18.8 Å². The number of carbonyl (C=O) groups excluding carboxylic acids is 1. The fourth-order valence-electron chi connectivity index (χ4n) is 7.95. The Morgan fingerprint density at radius 2 is 1.98 bits per heavy atom. The molecule has 8 heteroatoms. The number of aryl methyl sites for hydroxylation is 1. The number of ether oxygens (including phenoxy) is 1. The summed E-state index contributed by atoms with van der Waals surface area (Å²) in [6, 6.07) is 11.8. The third-order valence-corrected chi connectivity index (χ3v) is 12.7. The highest BCUT2D eigenvalue weighted by atomic mass is 35.5. The van der Waals surface area contributed by atoms with Gasteiger partial charge in [-0.3, -0.25) is 9.52 Å². The molecule has 2 N–H and O–H groups in total. The van der Waals surface area contributed by atoms with Crippen molar-refractivity contribution in [1.29, 1.82) is 0 Å². The van der Waals surface area contributed by atoms with E-state index in [0.29, 0.717) is 24.0 Å². The van der Waals surface area contributed by atoms with Gasteiger partial charge in [0.15, 0.2) is 0 Å². The summed E-state index contributed by atoms with van der Waals surface area (Å²) in [4.78, 5) is 15.8. The van der Waals surface area contributed by atoms with Crippen LogP contribution >= 0.6 is 11.6 Å². The normalized spacial score (nSPS) is 37.1. The summed E-state index contributed by atoms with van der Waals surface area (Å²) in [5, 5.41) is 11.9. The van der Waals surface area contributed by atoms with Gasteiger partial charge in [0.1, 0.15) is 5.75 Å². The van der Waals surface area contributed by atoms with E-state index in [-0.39, 0.29) is 28.6 Å². The van der Waals surface area contributed by atoms with Crippen molar-refractivity contribution in [2.24, 2.45) is 17.8 Å². The standard InChI is InChI=1S/C32H39ClN2O4S/c1-40(38)30-16-21(30)4-2-6-28(36)25-10-7-23(25)17-35-18-32(13-3-5-20-14-24(33)9-11-26(20)32)19-39-29-12-8-22(15-27(29)35)31(37)34-40/h8-9,11-12,14-15,21,23,25,28,30,36H,1-7,10,13,16-19H2,(H,34,37,38)/t21-,23-,25+,28-,30-,32-,40?/m0/s1. The highest BCUT2D eigenvalue weighted by Gasteiger charge is 2.46. The fraction of sp³-hybridized carbons (Fsp3) is 0.562. The Labute approximate surface area is 242 Å². The number of fused-ring (bicyclic) bond motifs is 5. The number of aliphatic hydroxyl groups excluding tert-OH is 1. The third-order valence-electron chi connectivity index (χ3n) is 10.4. The minimum Gasteiger partial charge on any atom is -0.490 e. The number of halogens is 1. The molecule has 40 heavy (non-hydrogen) atoms. The molecule has 2 bridgehead atoms. The van der Waals surface area contributed by atoms with E-state index in [0.717, 1.165) is 87.3 Å². The van der Waals surface area contributed by atoms with E-state index in [1.165, 1.54) is 11.1 Å². The van der Waals surface area contributed by atoms with E-state index in [4.69, 9.17) is 16.3 Å². The van der Waals surface area contributed by atoms with Crippen LogP contribution in [0, 0.1) is 17.8 Å². The molecule has 0 saturated heterocycles. The van der Waals surface area contributed by atoms with Crippen LogP contribution in [0.15, 0.2) is 36.4 Å². The molecule has 7 atom stereocenters. The van der Waals surface area contributed by atoms with Crippen molar-refractivity contribution in [2.45, 2.75) is 74.6 Å². The predicted molar refractivity (Wildman–Crippen MR) is 161 cm³/mol. The van der Waals surface area contributed by atoms with Gasteiger partial charge >= 0.3 is 0 Å². The molecule has 1 amide bonds. The molecule has 3 aliphatic carbocycles. The van der Waals surface area contributed by atoms with Crippen LogP contribution in [0.1, 0.15) is 72.9 Å². The van der Waals surface area contributed by atoms with E-state index in [9.17, 15) is 14.1 Å². The lowest BCUT2D eigenvalue weighted by Crippen LogP contribution is -2.49. The summed E-state index contributed by atoms with van der Waals surface area (Å²) in [5.41, 5.74) is 3.79. The van der Waals surface area contributed by atoms with Gasteiger partial charge in [0.25, 0.3) is 5.91 Å². The maximum Gasteiger partial charge on any atom is 0.262 e. The van der Waals surface area contributed by atoms with Crippen LogP contribution in [-0.4, -0.2) is 52.1 Å². The molecule has 2 aromatic carbocycles. The van der Waals surface area contributed by atoms with Gasteiger partial charge in [0.2, 0.25) is 0 Å². The maximum absolute atomic E-state index is 13.4. The number of anilines is 1. The van der Waals surface area contributed by atoms with Gasteiger partial charge in [-0.05, 0) is 116 Å². The largest absolute Gasteiger partial charge is 0.490 e. The topological polar surface area (TPSA) is 78.9 Å². The number of benzene rings is 2. The Kier molecular flexibility index (Phi) is 6.64. The molecule has 1 spiro atoms. The van der Waals surface area contributed by atoms with Crippen molar-refractivity contribution >= 4 is 38.8 Å². The zero-order valence-corrected chi connectivity index (χ0v) is 24.5. The maximum atomic E-state index is 13.4. The second-order valence-corrected chi connectivity index (χ2v) is 15.7. The number of rotatable bonds is 0. The Morgan fingerprint density at radius 1 is 1.10 bits per heavy atom. The summed E-state index contributed by atoms with van der Waals surface area (Å²) in [6.45, 7) is 2.14. The number of nitrogens with zero attached hydrogens (tertiary/aromatic N) is 1. The van der Waals surface area contributed by atoms with Gasteiger partial charge in [-0.2, -0.15) is 0 Å². The number of hydrogen-bond donors (Lipinski definition) is 2. The Morgan fingerprint density at radius 3 is 2.80 bits per heavy atom. The smallest absolute Gasteiger partial charge is 0.262 e. The molecule has 7 rings (SSSR count). The highest BCUT2D eigenvalue weighted by molar-refractivity contribution is 7.99. The molecule has 2 heterocycles. The highest BCUT2D eigenvalue weighted by Crippen LogP contribution is 2.47. The first kappa shape index (κ1) is 26.7. The molecule has 2 fully saturated rings. The first-order chi connectivity index (χ1) is 19.2. The monoisotopic (exact) mass is 582 g/mol. The Bertz CT molecular complexity index is 1440. The molecule has 6 nitrogen and oxygen atoms in total. The molecule has 0 radical (unpaired) electrons. The Balaban J connectivity index is 1.28. The number of nitrogens with one attached hydrogen (secondary N) is 1. The first-order valence-electron chi connectivity index (χ1n) is 14.9. The predicted octanol–water partition coefficient (Wildman–Crippen LogP) is 5.13. The second-order valence-electron chi connectivity index (χ2n) is 13.0. The molecule has 2 saturated carbocycles. The van der Waals surface area contributed by atoms with Crippen molar-refractivity contribution in [3.63, 3.8) is 0 Å². The number of aliphatic hydroxyl groups is 1. The fourth-order valence-corrected chi connectivity index (χ4v) is 10.0. The summed E-state index contributed by atoms with van der Waals surface area (Å²) < 4.78 is 22.8. The second kappa shape index (κ2) is 9.95. The van der Waals surface area contributed by atoms with Crippen LogP contribution < -0.4 is 14.4 Å². The third kappa shape index (κ3) is 4.72. The minimum absolute atomic E-state index is 0.0849. The van der Waals surface area contributed by atoms with Crippen molar-refractivity contribution in [2.75, 3.05) is 24.6 Å². The van der Waals surface area contributed by atoms with E-state index in [1.54, 1.807) is 6.07 Å². The first-order valence-corrected chi connectivity index (χ1v) is 17.1. The minimum atomic E-state index is -2.75. The summed E-state index contributed by atoms with van der Waals surface area (Å²) in [6.07, 6.45) is 8.38. The van der Waals surface area contributed by atoms with Gasteiger partial charge in [-0.1, -0.05) is 24.1 Å². The summed E-state index contributed by atoms with van der Waals surface area (Å²) in [7, 11) is -2.75. The number of hydrogen-bond acceptors (Lipinski definition) is 5. The van der Waals surface area contributed by atoms with E-state index in [2.05, 4.69) is 27.6 Å². The van der Waals surface area contributed by atoms with Gasteiger partial charge in [-0.15, -0.1) is 0 Å². The van der Waals surface area contributed by atoms with Crippen LogP contribution in [-0.2, 0) is 21.5 Å². The van der Waals surface area contributed by atoms with E-state index in [1.807, 2.05) is 18.2 Å². The van der Waals surface area contributed by atoms with E-state index >= 15 is 0 Å². The Hall–Kier alpha value is -2.22. The van der Waals surface area contributed by atoms with Gasteiger partial charge in [-0.25, -0.2) is 4.21 Å². The van der Waals surface area contributed by atoms with Crippen molar-refractivity contribution in [3.8, 4) is 5.75 Å². The molecule has 2 aliphatic heterocycles. The molecular formula is C32H39ClN2O4S. The van der Waals surface area contributed by atoms with Crippen molar-refractivity contribution in [1.82, 2.24) is 4.72 Å². The van der Waals surface area contributed by atoms with Gasteiger partial charge in [0.05, 0.1) is 28.1 Å². The quantitative estimate of drug-likeness (QED) is 0.421. The molecule has 1 unspecified atom stereocenters. The zero-order valence-electron chi connectivity index (χ0n) is 22.9.